The molecule has 1 amide bonds. The number of nitrogens with one attached hydrogen (secondary N) is 1. The van der Waals surface area contributed by atoms with Gasteiger partial charge in [-0.1, -0.05) is 6.07 Å². The van der Waals surface area contributed by atoms with Crippen LogP contribution in [0.15, 0.2) is 35.7 Å². The number of nitrogens with zero attached hydrogens (tertiary/aromatic N) is 2. The molecule has 0 bridgehead atoms. The maximum absolute atomic E-state index is 12.6. The zero-order valence-electron chi connectivity index (χ0n) is 16.8. The van der Waals surface area contributed by atoms with Crippen LogP contribution in [0.5, 0.6) is 11.5 Å². The zero-order chi connectivity index (χ0) is 20.3. The van der Waals surface area contributed by atoms with Crippen molar-refractivity contribution in [2.75, 3.05) is 12.4 Å². The van der Waals surface area contributed by atoms with E-state index >= 15 is 0 Å². The van der Waals surface area contributed by atoms with Crippen LogP contribution < -0.4 is 14.8 Å². The first kappa shape index (κ1) is 19.9. The van der Waals surface area contributed by atoms with Crippen LogP contribution in [0.4, 0.5) is 5.82 Å². The van der Waals surface area contributed by atoms with Crippen molar-refractivity contribution < 1.29 is 14.3 Å². The van der Waals surface area contributed by atoms with Crippen molar-refractivity contribution >= 4 is 23.1 Å². The maximum Gasteiger partial charge on any atom is 0.266 e. The molecule has 0 fully saturated rings. The fraction of sp³-hybridized carbons (Fsp3) is 0.333. The molecule has 2 heterocycles. The van der Waals surface area contributed by atoms with Crippen molar-refractivity contribution in [3.05, 3.63) is 57.4 Å². The fourth-order valence-corrected chi connectivity index (χ4v) is 3.60. The van der Waals surface area contributed by atoms with E-state index in [4.69, 9.17) is 9.47 Å². The number of methoxy groups -OCH3 is 1. The van der Waals surface area contributed by atoms with Crippen LogP contribution >= 0.6 is 11.3 Å². The largest absolute Gasteiger partial charge is 0.493 e. The summed E-state index contributed by atoms with van der Waals surface area (Å²) >= 11 is 1.39. The normalized spacial score (nSPS) is 10.9. The zero-order valence-corrected chi connectivity index (χ0v) is 17.6. The summed E-state index contributed by atoms with van der Waals surface area (Å²) in [7, 11) is 1.62. The summed E-state index contributed by atoms with van der Waals surface area (Å²) in [5.41, 5.74) is 2.91. The number of thiophene rings is 1. The van der Waals surface area contributed by atoms with E-state index in [1.165, 1.54) is 11.3 Å². The Kier molecular flexibility index (Phi) is 6.04. The summed E-state index contributed by atoms with van der Waals surface area (Å²) in [6, 6.07) is 9.69. The van der Waals surface area contributed by atoms with E-state index in [1.807, 2.05) is 68.1 Å². The number of carbonyl (C=O) groups is 1. The van der Waals surface area contributed by atoms with Crippen LogP contribution in [0, 0.1) is 13.8 Å². The molecule has 0 aliphatic carbocycles. The molecule has 3 aromatic rings. The van der Waals surface area contributed by atoms with Crippen molar-refractivity contribution in [2.45, 2.75) is 40.3 Å². The molecule has 0 aliphatic heterocycles. The number of hydrogen-bond acceptors (Lipinski definition) is 5. The minimum atomic E-state index is -0.147. The lowest BCUT2D eigenvalue weighted by Gasteiger charge is -2.11. The van der Waals surface area contributed by atoms with Gasteiger partial charge >= 0.3 is 0 Å². The monoisotopic (exact) mass is 399 g/mol. The van der Waals surface area contributed by atoms with E-state index in [2.05, 4.69) is 10.4 Å². The van der Waals surface area contributed by atoms with Gasteiger partial charge in [-0.05, 0) is 56.8 Å². The van der Waals surface area contributed by atoms with Gasteiger partial charge in [0.1, 0.15) is 12.4 Å². The van der Waals surface area contributed by atoms with E-state index in [9.17, 15) is 4.79 Å². The summed E-state index contributed by atoms with van der Waals surface area (Å²) in [6.07, 6.45) is 0. The lowest BCUT2D eigenvalue weighted by molar-refractivity contribution is 0.102. The summed E-state index contributed by atoms with van der Waals surface area (Å²) in [5.74, 6) is 1.94. The first-order valence-electron chi connectivity index (χ1n) is 9.09. The number of rotatable bonds is 7. The van der Waals surface area contributed by atoms with Gasteiger partial charge in [0.15, 0.2) is 11.5 Å². The standard InChI is InChI=1S/C21H25N3O3S/c1-13(2)24-20(9-15(4)23-24)22-21(25)19-10-16(12-28-19)11-27-17-7-6-14(3)8-18(17)26-5/h6-10,12-13H,11H2,1-5H3,(H,22,25). The van der Waals surface area contributed by atoms with Crippen molar-refractivity contribution in [2.24, 2.45) is 0 Å². The van der Waals surface area contributed by atoms with Crippen LogP contribution in [-0.4, -0.2) is 22.8 Å². The quantitative estimate of drug-likeness (QED) is 0.608. The Balaban J connectivity index is 1.66. The molecule has 0 spiro atoms. The molecule has 0 aliphatic rings. The summed E-state index contributed by atoms with van der Waals surface area (Å²) in [6.45, 7) is 8.34. The van der Waals surface area contributed by atoms with E-state index in [0.717, 1.165) is 16.8 Å². The van der Waals surface area contributed by atoms with E-state index in [0.29, 0.717) is 28.8 Å². The highest BCUT2D eigenvalue weighted by Crippen LogP contribution is 2.29. The minimum Gasteiger partial charge on any atom is -0.493 e. The van der Waals surface area contributed by atoms with Gasteiger partial charge in [0.25, 0.3) is 5.91 Å². The van der Waals surface area contributed by atoms with Crippen molar-refractivity contribution in [1.29, 1.82) is 0 Å². The number of carbonyl (C=O) groups excluding carboxylic acids is 1. The highest BCUT2D eigenvalue weighted by atomic mass is 32.1. The van der Waals surface area contributed by atoms with Gasteiger partial charge in [-0.2, -0.15) is 5.10 Å². The predicted molar refractivity (Wildman–Crippen MR) is 112 cm³/mol. The molecule has 3 rings (SSSR count). The van der Waals surface area contributed by atoms with Crippen LogP contribution in [0.1, 0.15) is 46.4 Å². The summed E-state index contributed by atoms with van der Waals surface area (Å²) < 4.78 is 13.0. The van der Waals surface area contributed by atoms with Gasteiger partial charge in [-0.3, -0.25) is 4.79 Å². The molecule has 0 radical (unpaired) electrons. The molecule has 0 unspecified atom stereocenters. The lowest BCUT2D eigenvalue weighted by Crippen LogP contribution is -2.15. The summed E-state index contributed by atoms with van der Waals surface area (Å²) in [4.78, 5) is 13.2. The molecule has 1 N–H and O–H groups in total. The van der Waals surface area contributed by atoms with Gasteiger partial charge in [-0.15, -0.1) is 11.3 Å². The fourth-order valence-electron chi connectivity index (χ4n) is 2.81. The molecule has 28 heavy (non-hydrogen) atoms. The number of aryl methyl sites for hydroxylation is 2. The second-order valence-corrected chi connectivity index (χ2v) is 7.84. The Hall–Kier alpha value is -2.80. The van der Waals surface area contributed by atoms with Crippen molar-refractivity contribution in [3.8, 4) is 11.5 Å². The van der Waals surface area contributed by atoms with E-state index in [1.54, 1.807) is 7.11 Å². The van der Waals surface area contributed by atoms with Crippen LogP contribution in [0.2, 0.25) is 0 Å². The average molecular weight is 400 g/mol. The number of hydrogen-bond donors (Lipinski definition) is 1. The topological polar surface area (TPSA) is 65.4 Å². The average Bonchev–Trinajstić information content (AvgIpc) is 3.27. The highest BCUT2D eigenvalue weighted by Gasteiger charge is 2.15. The third-order valence-electron chi connectivity index (χ3n) is 4.18. The third-order valence-corrected chi connectivity index (χ3v) is 5.16. The predicted octanol–water partition coefficient (Wildman–Crippen LogP) is 4.98. The molecular formula is C21H25N3O3S. The van der Waals surface area contributed by atoms with Gasteiger partial charge < -0.3 is 14.8 Å². The minimum absolute atomic E-state index is 0.147. The van der Waals surface area contributed by atoms with Crippen LogP contribution in [-0.2, 0) is 6.61 Å². The van der Waals surface area contributed by atoms with Crippen LogP contribution in [0.3, 0.4) is 0 Å². The van der Waals surface area contributed by atoms with Gasteiger partial charge in [-0.25, -0.2) is 4.68 Å². The maximum atomic E-state index is 12.6. The first-order valence-corrected chi connectivity index (χ1v) is 9.97. The smallest absolute Gasteiger partial charge is 0.266 e. The molecule has 1 aromatic carbocycles. The van der Waals surface area contributed by atoms with Crippen molar-refractivity contribution in [3.63, 3.8) is 0 Å². The number of anilines is 1. The molecule has 2 aromatic heterocycles. The van der Waals surface area contributed by atoms with Crippen molar-refractivity contribution in [1.82, 2.24) is 9.78 Å². The second-order valence-electron chi connectivity index (χ2n) is 6.93. The van der Waals surface area contributed by atoms with E-state index < -0.39 is 0 Å². The van der Waals surface area contributed by atoms with Gasteiger partial charge in [0.2, 0.25) is 0 Å². The number of benzene rings is 1. The molecule has 0 saturated carbocycles. The Morgan fingerprint density at radius 1 is 1.21 bits per heavy atom. The first-order chi connectivity index (χ1) is 13.4. The Bertz CT molecular complexity index is 975. The van der Waals surface area contributed by atoms with Crippen LogP contribution in [0.25, 0.3) is 0 Å². The SMILES string of the molecule is COc1cc(C)ccc1OCc1csc(C(=O)Nc2cc(C)nn2C(C)C)c1. The lowest BCUT2D eigenvalue weighted by atomic mass is 10.2. The Morgan fingerprint density at radius 2 is 2.00 bits per heavy atom. The number of aromatic nitrogens is 2. The number of amides is 1. The molecule has 0 atom stereocenters. The molecular weight excluding hydrogens is 374 g/mol. The molecule has 148 valence electrons. The third kappa shape index (κ3) is 4.54. The molecule has 0 saturated heterocycles. The van der Waals surface area contributed by atoms with E-state index in [-0.39, 0.29) is 11.9 Å². The highest BCUT2D eigenvalue weighted by molar-refractivity contribution is 7.12. The van der Waals surface area contributed by atoms with Gasteiger partial charge in [0.05, 0.1) is 17.7 Å². The molecule has 7 heteroatoms. The van der Waals surface area contributed by atoms with Gasteiger partial charge in [0, 0.05) is 17.7 Å². The molecule has 6 nitrogen and oxygen atoms in total. The number of ether oxygens (including phenoxy) is 2. The Labute approximate surface area is 169 Å². The second kappa shape index (κ2) is 8.48. The Morgan fingerprint density at radius 3 is 2.71 bits per heavy atom. The summed E-state index contributed by atoms with van der Waals surface area (Å²) in [5, 5.41) is 9.30.